The average Bonchev–Trinajstić information content (AvgIpc) is 2.62. The molecular formula is C20H31BrN4O3. The summed E-state index contributed by atoms with van der Waals surface area (Å²) >= 11 is 3.54. The van der Waals surface area contributed by atoms with Crippen molar-refractivity contribution in [3.63, 3.8) is 0 Å². The van der Waals surface area contributed by atoms with E-state index in [0.29, 0.717) is 19.0 Å². The highest BCUT2D eigenvalue weighted by Crippen LogP contribution is 2.31. The quantitative estimate of drug-likeness (QED) is 0.482. The predicted octanol–water partition coefficient (Wildman–Crippen LogP) is 4.54. The van der Waals surface area contributed by atoms with Crippen LogP contribution in [0.3, 0.4) is 0 Å². The highest BCUT2D eigenvalue weighted by molar-refractivity contribution is 9.10. The molecule has 0 aliphatic carbocycles. The summed E-state index contributed by atoms with van der Waals surface area (Å²) in [5, 5.41) is 0. The zero-order valence-corrected chi connectivity index (χ0v) is 19.2. The van der Waals surface area contributed by atoms with Crippen molar-refractivity contribution in [2.45, 2.75) is 59.2 Å². The number of hydrogen-bond acceptors (Lipinski definition) is 5. The Morgan fingerprint density at radius 3 is 2.64 bits per heavy atom. The summed E-state index contributed by atoms with van der Waals surface area (Å²) in [6.07, 6.45) is 3.03. The largest absolute Gasteiger partial charge is 0.473 e. The Labute approximate surface area is 176 Å². The van der Waals surface area contributed by atoms with Crippen molar-refractivity contribution in [1.82, 2.24) is 14.8 Å². The minimum Gasteiger partial charge on any atom is -0.473 e. The summed E-state index contributed by atoms with van der Waals surface area (Å²) in [5.41, 5.74) is 1.14. The SMILES string of the molecule is CCN(C)C=Nc1cc(Br)c(OC2CCN(C(=O)OC(C)(C)C)CC2)nc1C. The van der Waals surface area contributed by atoms with Gasteiger partial charge in [-0.1, -0.05) is 0 Å². The molecule has 1 aliphatic rings. The normalized spacial score (nSPS) is 15.8. The summed E-state index contributed by atoms with van der Waals surface area (Å²) in [6.45, 7) is 11.7. The van der Waals surface area contributed by atoms with Crippen LogP contribution in [0.1, 0.15) is 46.2 Å². The first-order valence-corrected chi connectivity index (χ1v) is 10.4. The topological polar surface area (TPSA) is 67.3 Å². The third-order valence-electron chi connectivity index (χ3n) is 4.37. The Hall–Kier alpha value is -1.83. The Bertz CT molecular complexity index is 710. The first-order valence-electron chi connectivity index (χ1n) is 9.65. The first kappa shape index (κ1) is 22.5. The minimum atomic E-state index is -0.479. The maximum atomic E-state index is 12.2. The number of likely N-dealkylation sites (tertiary alicyclic amines) is 1. The van der Waals surface area contributed by atoms with Gasteiger partial charge in [-0.25, -0.2) is 14.8 Å². The average molecular weight is 455 g/mol. The van der Waals surface area contributed by atoms with E-state index in [-0.39, 0.29) is 12.2 Å². The Morgan fingerprint density at radius 1 is 1.43 bits per heavy atom. The van der Waals surface area contributed by atoms with Gasteiger partial charge in [0.25, 0.3) is 0 Å². The van der Waals surface area contributed by atoms with E-state index in [9.17, 15) is 4.79 Å². The molecule has 1 aromatic rings. The molecule has 0 bridgehead atoms. The van der Waals surface area contributed by atoms with Gasteiger partial charge >= 0.3 is 6.09 Å². The molecule has 0 spiro atoms. The second kappa shape index (κ2) is 9.58. The number of aryl methyl sites for hydroxylation is 1. The van der Waals surface area contributed by atoms with Crippen LogP contribution in [0.4, 0.5) is 10.5 Å². The fourth-order valence-corrected chi connectivity index (χ4v) is 3.04. The van der Waals surface area contributed by atoms with Gasteiger partial charge in [-0.15, -0.1) is 0 Å². The van der Waals surface area contributed by atoms with E-state index in [1.54, 1.807) is 11.2 Å². The van der Waals surface area contributed by atoms with Gasteiger partial charge in [-0.3, -0.25) is 0 Å². The van der Waals surface area contributed by atoms with E-state index in [0.717, 1.165) is 35.2 Å². The van der Waals surface area contributed by atoms with Crippen LogP contribution < -0.4 is 4.74 Å². The molecule has 0 saturated carbocycles. The van der Waals surface area contributed by atoms with Crippen LogP contribution in [0.5, 0.6) is 5.88 Å². The molecule has 1 amide bonds. The standard InChI is InChI=1S/C20H31BrN4O3/c1-7-24(6)13-22-17-12-16(21)18(23-14(17)2)27-15-8-10-25(11-9-15)19(26)28-20(3,4)5/h12-13,15H,7-11H2,1-6H3. The Kier molecular flexibility index (Phi) is 7.69. The number of aromatic nitrogens is 1. The summed E-state index contributed by atoms with van der Waals surface area (Å²) in [4.78, 5) is 25.0. The molecule has 2 heterocycles. The van der Waals surface area contributed by atoms with Crippen molar-refractivity contribution in [1.29, 1.82) is 0 Å². The van der Waals surface area contributed by atoms with Crippen LogP contribution in [0.15, 0.2) is 15.5 Å². The van der Waals surface area contributed by atoms with Gasteiger partial charge in [-0.2, -0.15) is 0 Å². The van der Waals surface area contributed by atoms with Crippen LogP contribution in [0.25, 0.3) is 0 Å². The van der Waals surface area contributed by atoms with Gasteiger partial charge in [0.2, 0.25) is 5.88 Å². The van der Waals surface area contributed by atoms with E-state index in [4.69, 9.17) is 9.47 Å². The fourth-order valence-electron chi connectivity index (χ4n) is 2.65. The van der Waals surface area contributed by atoms with Gasteiger partial charge in [-0.05, 0) is 56.6 Å². The number of hydrogen-bond donors (Lipinski definition) is 0. The summed E-state index contributed by atoms with van der Waals surface area (Å²) in [6, 6.07) is 1.92. The number of carbonyl (C=O) groups is 1. The monoisotopic (exact) mass is 454 g/mol. The minimum absolute atomic E-state index is 0.0162. The predicted molar refractivity (Wildman–Crippen MR) is 115 cm³/mol. The van der Waals surface area contributed by atoms with Crippen LogP contribution in [-0.4, -0.2) is 65.6 Å². The molecule has 0 unspecified atom stereocenters. The molecule has 7 nitrogen and oxygen atoms in total. The maximum Gasteiger partial charge on any atom is 0.410 e. The molecular weight excluding hydrogens is 424 g/mol. The van der Waals surface area contributed by atoms with E-state index in [2.05, 4.69) is 32.8 Å². The zero-order chi connectivity index (χ0) is 20.9. The van der Waals surface area contributed by atoms with Gasteiger partial charge in [0.05, 0.1) is 22.2 Å². The number of nitrogens with zero attached hydrogens (tertiary/aromatic N) is 4. The molecule has 8 heteroatoms. The van der Waals surface area contributed by atoms with Gasteiger partial charge in [0.15, 0.2) is 0 Å². The van der Waals surface area contributed by atoms with Gasteiger partial charge < -0.3 is 19.3 Å². The second-order valence-corrected chi connectivity index (χ2v) is 8.84. The molecule has 156 valence electrons. The maximum absolute atomic E-state index is 12.2. The molecule has 0 N–H and O–H groups in total. The lowest BCUT2D eigenvalue weighted by Crippen LogP contribution is -2.44. The smallest absolute Gasteiger partial charge is 0.410 e. The van der Waals surface area contributed by atoms with Crippen molar-refractivity contribution in [3.8, 4) is 5.88 Å². The molecule has 28 heavy (non-hydrogen) atoms. The van der Waals surface area contributed by atoms with E-state index < -0.39 is 5.60 Å². The van der Waals surface area contributed by atoms with Crippen molar-refractivity contribution >= 4 is 34.0 Å². The van der Waals surface area contributed by atoms with Gasteiger partial charge in [0.1, 0.15) is 11.7 Å². The third-order valence-corrected chi connectivity index (χ3v) is 4.94. The molecule has 1 fully saturated rings. The van der Waals surface area contributed by atoms with E-state index >= 15 is 0 Å². The molecule has 1 aliphatic heterocycles. The molecule has 0 atom stereocenters. The third kappa shape index (κ3) is 6.65. The van der Waals surface area contributed by atoms with Crippen LogP contribution in [0.2, 0.25) is 0 Å². The fraction of sp³-hybridized carbons (Fsp3) is 0.650. The number of aliphatic imine (C=N–C) groups is 1. The number of pyridine rings is 1. The zero-order valence-electron chi connectivity index (χ0n) is 17.7. The number of ether oxygens (including phenoxy) is 2. The molecule has 1 saturated heterocycles. The second-order valence-electron chi connectivity index (χ2n) is 7.98. The highest BCUT2D eigenvalue weighted by atomic mass is 79.9. The van der Waals surface area contributed by atoms with Crippen molar-refractivity contribution in [2.75, 3.05) is 26.7 Å². The number of rotatable bonds is 5. The van der Waals surface area contributed by atoms with E-state index in [1.165, 1.54) is 0 Å². The van der Waals surface area contributed by atoms with Crippen molar-refractivity contribution in [3.05, 3.63) is 16.2 Å². The van der Waals surface area contributed by atoms with Crippen molar-refractivity contribution < 1.29 is 14.3 Å². The Balaban J connectivity index is 1.95. The molecule has 2 rings (SSSR count). The van der Waals surface area contributed by atoms with Gasteiger partial charge in [0, 0.05) is 39.5 Å². The lowest BCUT2D eigenvalue weighted by Gasteiger charge is -2.33. The van der Waals surface area contributed by atoms with E-state index in [1.807, 2.05) is 45.7 Å². The Morgan fingerprint density at radius 2 is 2.07 bits per heavy atom. The van der Waals surface area contributed by atoms with Crippen LogP contribution in [-0.2, 0) is 4.74 Å². The van der Waals surface area contributed by atoms with Crippen LogP contribution >= 0.6 is 15.9 Å². The lowest BCUT2D eigenvalue weighted by atomic mass is 10.1. The molecule has 0 aromatic carbocycles. The summed E-state index contributed by atoms with van der Waals surface area (Å²) in [5.74, 6) is 0.566. The molecule has 1 aromatic heterocycles. The first-order chi connectivity index (χ1) is 13.1. The lowest BCUT2D eigenvalue weighted by molar-refractivity contribution is 0.0122. The number of carbonyl (C=O) groups excluding carboxylic acids is 1. The number of halogens is 1. The van der Waals surface area contributed by atoms with Crippen LogP contribution in [0, 0.1) is 6.92 Å². The number of amides is 1. The number of piperidine rings is 1. The molecule has 0 radical (unpaired) electrons. The summed E-state index contributed by atoms with van der Waals surface area (Å²) < 4.78 is 12.3. The summed E-state index contributed by atoms with van der Waals surface area (Å²) in [7, 11) is 1.97. The van der Waals surface area contributed by atoms with Crippen molar-refractivity contribution in [2.24, 2.45) is 4.99 Å². The highest BCUT2D eigenvalue weighted by Gasteiger charge is 2.28.